The van der Waals surface area contributed by atoms with Crippen LogP contribution in [0.2, 0.25) is 0 Å². The van der Waals surface area contributed by atoms with E-state index in [2.05, 4.69) is 34.4 Å². The first-order valence-electron chi connectivity index (χ1n) is 7.66. The molecule has 1 aromatic rings. The van der Waals surface area contributed by atoms with Gasteiger partial charge in [-0.25, -0.2) is 9.97 Å². The smallest absolute Gasteiger partial charge is 0.135 e. The van der Waals surface area contributed by atoms with Gasteiger partial charge in [0, 0.05) is 25.6 Å². The van der Waals surface area contributed by atoms with Gasteiger partial charge in [-0.15, -0.1) is 0 Å². The van der Waals surface area contributed by atoms with E-state index < -0.39 is 0 Å². The predicted octanol–water partition coefficient (Wildman–Crippen LogP) is 2.37. The highest BCUT2D eigenvalue weighted by Gasteiger charge is 2.40. The number of hydrogen-bond donors (Lipinski definition) is 2. The second kappa shape index (κ2) is 5.56. The molecule has 1 aliphatic heterocycles. The van der Waals surface area contributed by atoms with Crippen molar-refractivity contribution in [2.45, 2.75) is 51.7 Å². The van der Waals surface area contributed by atoms with Crippen LogP contribution in [0.4, 0.5) is 11.6 Å². The molecule has 5 heteroatoms. The van der Waals surface area contributed by atoms with Gasteiger partial charge in [-0.2, -0.15) is 0 Å². The van der Waals surface area contributed by atoms with Crippen molar-refractivity contribution >= 4 is 11.6 Å². The lowest BCUT2D eigenvalue weighted by molar-refractivity contribution is 0.0898. The fourth-order valence-corrected chi connectivity index (χ4v) is 2.94. The van der Waals surface area contributed by atoms with Crippen LogP contribution < -0.4 is 10.6 Å². The van der Waals surface area contributed by atoms with Crippen LogP contribution in [-0.2, 0) is 11.2 Å². The number of aryl methyl sites for hydroxylation is 1. The van der Waals surface area contributed by atoms with Crippen molar-refractivity contribution in [2.75, 3.05) is 24.3 Å². The molecular weight excluding hydrogens is 252 g/mol. The maximum atomic E-state index is 5.89. The van der Waals surface area contributed by atoms with E-state index in [0.29, 0.717) is 12.1 Å². The number of rotatable bonds is 5. The van der Waals surface area contributed by atoms with Gasteiger partial charge in [0.15, 0.2) is 0 Å². The number of aromatic nitrogens is 2. The number of nitrogens with zero attached hydrogens (tertiary/aromatic N) is 2. The second-order valence-corrected chi connectivity index (χ2v) is 5.78. The van der Waals surface area contributed by atoms with Gasteiger partial charge >= 0.3 is 0 Å². The highest BCUT2D eigenvalue weighted by molar-refractivity contribution is 5.57. The van der Waals surface area contributed by atoms with Crippen LogP contribution in [0.25, 0.3) is 0 Å². The molecule has 0 aromatic carbocycles. The first-order chi connectivity index (χ1) is 9.72. The topological polar surface area (TPSA) is 59.1 Å². The highest BCUT2D eigenvalue weighted by atomic mass is 16.5. The molecule has 2 aliphatic rings. The van der Waals surface area contributed by atoms with E-state index in [1.807, 2.05) is 7.05 Å². The molecule has 1 saturated heterocycles. The highest BCUT2D eigenvalue weighted by Crippen LogP contribution is 2.39. The third-order valence-corrected chi connectivity index (χ3v) is 4.29. The van der Waals surface area contributed by atoms with Crippen molar-refractivity contribution in [3.05, 3.63) is 11.4 Å². The zero-order valence-corrected chi connectivity index (χ0v) is 12.6. The van der Waals surface area contributed by atoms with Gasteiger partial charge in [0.25, 0.3) is 0 Å². The molecule has 2 heterocycles. The summed E-state index contributed by atoms with van der Waals surface area (Å²) >= 11 is 0. The zero-order valence-electron chi connectivity index (χ0n) is 12.6. The second-order valence-electron chi connectivity index (χ2n) is 5.78. The first-order valence-corrected chi connectivity index (χ1v) is 7.66. The maximum Gasteiger partial charge on any atom is 0.135 e. The molecule has 0 spiro atoms. The van der Waals surface area contributed by atoms with Crippen LogP contribution in [0.5, 0.6) is 0 Å². The molecule has 2 N–H and O–H groups in total. The lowest BCUT2D eigenvalue weighted by Gasteiger charge is -2.22. The van der Waals surface area contributed by atoms with Gasteiger partial charge in [-0.1, -0.05) is 6.92 Å². The van der Waals surface area contributed by atoms with Gasteiger partial charge in [0.1, 0.15) is 17.5 Å². The third kappa shape index (κ3) is 2.59. The Morgan fingerprint density at radius 2 is 1.95 bits per heavy atom. The molecule has 20 heavy (non-hydrogen) atoms. The summed E-state index contributed by atoms with van der Waals surface area (Å²) in [5.74, 6) is 3.51. The van der Waals surface area contributed by atoms with Crippen LogP contribution in [0, 0.1) is 12.8 Å². The molecule has 3 rings (SSSR count). The molecule has 0 radical (unpaired) electrons. The van der Waals surface area contributed by atoms with Crippen molar-refractivity contribution in [1.82, 2.24) is 9.97 Å². The summed E-state index contributed by atoms with van der Waals surface area (Å²) in [4.78, 5) is 9.18. The summed E-state index contributed by atoms with van der Waals surface area (Å²) in [6, 6.07) is 0.394. The molecule has 2 atom stereocenters. The van der Waals surface area contributed by atoms with Crippen molar-refractivity contribution < 1.29 is 4.74 Å². The van der Waals surface area contributed by atoms with E-state index in [1.165, 1.54) is 12.8 Å². The zero-order chi connectivity index (χ0) is 14.1. The first kappa shape index (κ1) is 13.6. The van der Waals surface area contributed by atoms with Crippen LogP contribution in [0.15, 0.2) is 0 Å². The van der Waals surface area contributed by atoms with Crippen LogP contribution in [0.3, 0.4) is 0 Å². The Morgan fingerprint density at radius 3 is 2.60 bits per heavy atom. The molecule has 2 unspecified atom stereocenters. The Bertz CT molecular complexity index is 487. The summed E-state index contributed by atoms with van der Waals surface area (Å²) in [6.45, 7) is 5.01. The molecule has 1 saturated carbocycles. The number of anilines is 2. The van der Waals surface area contributed by atoms with Gasteiger partial charge in [0.2, 0.25) is 0 Å². The van der Waals surface area contributed by atoms with E-state index in [9.17, 15) is 0 Å². The Kier molecular flexibility index (Phi) is 3.78. The van der Waals surface area contributed by atoms with Crippen molar-refractivity contribution in [2.24, 2.45) is 5.92 Å². The molecule has 0 amide bonds. The van der Waals surface area contributed by atoms with E-state index in [4.69, 9.17) is 4.74 Å². The summed E-state index contributed by atoms with van der Waals surface area (Å²) < 4.78 is 5.89. The molecule has 1 aromatic heterocycles. The summed E-state index contributed by atoms with van der Waals surface area (Å²) in [7, 11) is 1.91. The molecule has 110 valence electrons. The van der Waals surface area contributed by atoms with E-state index in [1.54, 1.807) is 0 Å². The molecule has 5 nitrogen and oxygen atoms in total. The summed E-state index contributed by atoms with van der Waals surface area (Å²) in [5, 5.41) is 6.77. The Morgan fingerprint density at radius 1 is 1.20 bits per heavy atom. The average Bonchev–Trinajstić information content (AvgIpc) is 3.21. The minimum Gasteiger partial charge on any atom is -0.376 e. The third-order valence-electron chi connectivity index (χ3n) is 4.29. The normalized spacial score (nSPS) is 25.8. The summed E-state index contributed by atoms with van der Waals surface area (Å²) in [6.07, 6.45) is 4.91. The SMILES string of the molecule is CCc1nc(NC)c(C)c(NC2CCOC2C2CC2)n1. The van der Waals surface area contributed by atoms with Gasteiger partial charge in [-0.3, -0.25) is 0 Å². The minimum absolute atomic E-state index is 0.368. The van der Waals surface area contributed by atoms with E-state index in [-0.39, 0.29) is 0 Å². The molecular formula is C15H24N4O. The van der Waals surface area contributed by atoms with Crippen LogP contribution >= 0.6 is 0 Å². The molecule has 1 aliphatic carbocycles. The predicted molar refractivity (Wildman–Crippen MR) is 80.2 cm³/mol. The Balaban J connectivity index is 1.82. The lowest BCUT2D eigenvalue weighted by atomic mass is 10.1. The molecule has 2 fully saturated rings. The number of hydrogen-bond acceptors (Lipinski definition) is 5. The number of nitrogens with one attached hydrogen (secondary N) is 2. The standard InChI is InChI=1S/C15H24N4O/c1-4-12-18-14(16-3)9(2)15(19-12)17-11-7-8-20-13(11)10-5-6-10/h10-11,13H,4-8H2,1-3H3,(H2,16,17,18,19). The quantitative estimate of drug-likeness (QED) is 0.864. The van der Waals surface area contributed by atoms with Crippen molar-refractivity contribution in [3.63, 3.8) is 0 Å². The number of ether oxygens (including phenoxy) is 1. The van der Waals surface area contributed by atoms with Gasteiger partial charge in [0.05, 0.1) is 12.1 Å². The van der Waals surface area contributed by atoms with Gasteiger partial charge < -0.3 is 15.4 Å². The van der Waals surface area contributed by atoms with Crippen LogP contribution in [-0.4, -0.2) is 35.8 Å². The van der Waals surface area contributed by atoms with Crippen molar-refractivity contribution in [3.8, 4) is 0 Å². The van der Waals surface area contributed by atoms with Gasteiger partial charge in [-0.05, 0) is 32.1 Å². The fourth-order valence-electron chi connectivity index (χ4n) is 2.94. The maximum absolute atomic E-state index is 5.89. The minimum atomic E-state index is 0.368. The molecule has 0 bridgehead atoms. The Labute approximate surface area is 120 Å². The van der Waals surface area contributed by atoms with Crippen LogP contribution in [0.1, 0.15) is 37.6 Å². The lowest BCUT2D eigenvalue weighted by Crippen LogP contribution is -2.32. The monoisotopic (exact) mass is 276 g/mol. The largest absolute Gasteiger partial charge is 0.376 e. The van der Waals surface area contributed by atoms with Crippen molar-refractivity contribution in [1.29, 1.82) is 0 Å². The Hall–Kier alpha value is -1.36. The van der Waals surface area contributed by atoms with E-state index in [0.717, 1.165) is 48.4 Å². The fraction of sp³-hybridized carbons (Fsp3) is 0.733. The summed E-state index contributed by atoms with van der Waals surface area (Å²) in [5.41, 5.74) is 1.09. The average molecular weight is 276 g/mol. The van der Waals surface area contributed by atoms with E-state index >= 15 is 0 Å².